The molecule has 0 aromatic rings. The molecule has 1 aliphatic heterocycles. The molecule has 8 heteroatoms. The Hall–Kier alpha value is -0.700. The van der Waals surface area contributed by atoms with E-state index in [1.807, 2.05) is 0 Å². The van der Waals surface area contributed by atoms with Crippen molar-refractivity contribution in [1.29, 1.82) is 0 Å². The molecule has 1 rings (SSSR count). The number of hydrogen-bond acceptors (Lipinski definition) is 5. The summed E-state index contributed by atoms with van der Waals surface area (Å²) in [6.45, 7) is 1.27. The third kappa shape index (κ3) is 4.52. The Morgan fingerprint density at radius 1 is 1.56 bits per heavy atom. The molecule has 1 saturated heterocycles. The highest BCUT2D eigenvalue weighted by Crippen LogP contribution is 2.14. The Kier molecular flexibility index (Phi) is 6.00. The van der Waals surface area contributed by atoms with Crippen molar-refractivity contribution in [3.8, 4) is 0 Å². The summed E-state index contributed by atoms with van der Waals surface area (Å²) in [4.78, 5) is 11.0. The molecule has 1 aliphatic rings. The van der Waals surface area contributed by atoms with E-state index >= 15 is 0 Å². The fraction of sp³-hybridized carbons (Fsp3) is 0.900. The molecular formula is C10H21N3O4S. The van der Waals surface area contributed by atoms with Gasteiger partial charge in [0, 0.05) is 19.7 Å². The number of ether oxygens (including phenoxy) is 1. The fourth-order valence-corrected chi connectivity index (χ4v) is 3.56. The van der Waals surface area contributed by atoms with E-state index in [9.17, 15) is 13.2 Å². The Bertz CT molecular complexity index is 365. The smallest absolute Gasteiger partial charge is 0.232 e. The van der Waals surface area contributed by atoms with Gasteiger partial charge < -0.3 is 15.8 Å². The van der Waals surface area contributed by atoms with Crippen LogP contribution < -0.4 is 11.1 Å². The molecule has 1 fully saturated rings. The van der Waals surface area contributed by atoms with Crippen LogP contribution in [0, 0.1) is 0 Å². The Labute approximate surface area is 108 Å². The number of piperidine rings is 1. The highest BCUT2D eigenvalue weighted by molar-refractivity contribution is 7.89. The number of primary amides is 1. The highest BCUT2D eigenvalue weighted by atomic mass is 32.2. The molecule has 1 atom stereocenters. The van der Waals surface area contributed by atoms with Gasteiger partial charge in [-0.2, -0.15) is 4.31 Å². The van der Waals surface area contributed by atoms with Gasteiger partial charge in [-0.15, -0.1) is 0 Å². The van der Waals surface area contributed by atoms with E-state index in [1.165, 1.54) is 11.4 Å². The molecule has 0 aromatic carbocycles. The average molecular weight is 279 g/mol. The first-order valence-corrected chi connectivity index (χ1v) is 7.56. The van der Waals surface area contributed by atoms with Gasteiger partial charge in [0.15, 0.2) is 0 Å². The number of methoxy groups -OCH3 is 1. The summed E-state index contributed by atoms with van der Waals surface area (Å²) in [6.07, 6.45) is 1.63. The molecule has 1 unspecified atom stereocenters. The van der Waals surface area contributed by atoms with Crippen molar-refractivity contribution < 1.29 is 17.9 Å². The highest BCUT2D eigenvalue weighted by Gasteiger charge is 2.31. The van der Waals surface area contributed by atoms with E-state index in [4.69, 9.17) is 10.5 Å². The van der Waals surface area contributed by atoms with Gasteiger partial charge in [-0.05, 0) is 19.4 Å². The average Bonchev–Trinajstić information content (AvgIpc) is 2.34. The molecule has 1 heterocycles. The minimum absolute atomic E-state index is 0.109. The molecule has 7 nitrogen and oxygen atoms in total. The first-order valence-electron chi connectivity index (χ1n) is 5.95. The topological polar surface area (TPSA) is 102 Å². The Morgan fingerprint density at radius 2 is 2.28 bits per heavy atom. The van der Waals surface area contributed by atoms with E-state index < -0.39 is 15.9 Å². The molecule has 1 amide bonds. The van der Waals surface area contributed by atoms with Crippen molar-refractivity contribution in [2.45, 2.75) is 18.9 Å². The van der Waals surface area contributed by atoms with Crippen LogP contribution in [0.25, 0.3) is 0 Å². The zero-order valence-corrected chi connectivity index (χ0v) is 11.4. The predicted molar refractivity (Wildman–Crippen MR) is 67.5 cm³/mol. The van der Waals surface area contributed by atoms with Gasteiger partial charge in [0.2, 0.25) is 15.9 Å². The van der Waals surface area contributed by atoms with Crippen LogP contribution in [0.5, 0.6) is 0 Å². The summed E-state index contributed by atoms with van der Waals surface area (Å²) >= 11 is 0. The van der Waals surface area contributed by atoms with E-state index in [0.717, 1.165) is 19.4 Å². The maximum Gasteiger partial charge on any atom is 0.232 e. The zero-order valence-electron chi connectivity index (χ0n) is 10.6. The number of carbonyl (C=O) groups excluding carboxylic acids is 1. The summed E-state index contributed by atoms with van der Waals surface area (Å²) in [5.74, 6) is -0.769. The fourth-order valence-electron chi connectivity index (χ4n) is 1.99. The minimum atomic E-state index is -3.51. The third-order valence-corrected chi connectivity index (χ3v) is 4.72. The number of hydrogen-bond donors (Lipinski definition) is 2. The summed E-state index contributed by atoms with van der Waals surface area (Å²) in [6, 6.07) is -0.201. The summed E-state index contributed by atoms with van der Waals surface area (Å²) < 4.78 is 30.3. The molecule has 0 bridgehead atoms. The van der Waals surface area contributed by atoms with Crippen molar-refractivity contribution in [2.75, 3.05) is 39.1 Å². The second-order valence-electron chi connectivity index (χ2n) is 4.32. The Morgan fingerprint density at radius 3 is 2.78 bits per heavy atom. The van der Waals surface area contributed by atoms with Crippen LogP contribution >= 0.6 is 0 Å². The van der Waals surface area contributed by atoms with Crippen LogP contribution in [0.1, 0.15) is 12.8 Å². The standard InChI is InChI=1S/C10H21N3O4S/c1-17-5-6-18(15,16)13(8-10(11)14)9-3-2-4-12-7-9/h9,12H,2-8H2,1H3,(H2,11,14). The van der Waals surface area contributed by atoms with Crippen molar-refractivity contribution >= 4 is 15.9 Å². The minimum Gasteiger partial charge on any atom is -0.384 e. The van der Waals surface area contributed by atoms with Gasteiger partial charge in [0.05, 0.1) is 18.9 Å². The lowest BCUT2D eigenvalue weighted by atomic mass is 10.1. The van der Waals surface area contributed by atoms with E-state index in [-0.39, 0.29) is 24.9 Å². The number of sulfonamides is 1. The second kappa shape index (κ2) is 7.03. The van der Waals surface area contributed by atoms with Crippen molar-refractivity contribution in [1.82, 2.24) is 9.62 Å². The molecule has 0 radical (unpaired) electrons. The van der Waals surface area contributed by atoms with Gasteiger partial charge in [0.1, 0.15) is 0 Å². The van der Waals surface area contributed by atoms with Gasteiger partial charge in [-0.1, -0.05) is 0 Å². The van der Waals surface area contributed by atoms with Crippen molar-refractivity contribution in [2.24, 2.45) is 5.73 Å². The van der Waals surface area contributed by atoms with Gasteiger partial charge in [0.25, 0.3) is 0 Å². The summed E-state index contributed by atoms with van der Waals surface area (Å²) in [5, 5.41) is 3.13. The SMILES string of the molecule is COCCS(=O)(=O)N(CC(N)=O)C1CCCNC1. The molecule has 0 saturated carbocycles. The maximum atomic E-state index is 12.1. The zero-order chi connectivity index (χ0) is 13.6. The normalized spacial score (nSPS) is 21.1. The molecular weight excluding hydrogens is 258 g/mol. The molecule has 0 aromatic heterocycles. The summed E-state index contributed by atoms with van der Waals surface area (Å²) in [7, 11) is -2.07. The largest absolute Gasteiger partial charge is 0.384 e. The number of carbonyl (C=O) groups is 1. The number of nitrogens with zero attached hydrogens (tertiary/aromatic N) is 1. The predicted octanol–water partition coefficient (Wildman–Crippen LogP) is -1.50. The first-order chi connectivity index (χ1) is 8.47. The van der Waals surface area contributed by atoms with Crippen LogP contribution in [0.3, 0.4) is 0 Å². The second-order valence-corrected chi connectivity index (χ2v) is 6.36. The Balaban J connectivity index is 2.78. The molecule has 3 N–H and O–H groups in total. The van der Waals surface area contributed by atoms with Crippen molar-refractivity contribution in [3.63, 3.8) is 0 Å². The molecule has 0 spiro atoms. The number of amides is 1. The van der Waals surface area contributed by atoms with Gasteiger partial charge in [-0.3, -0.25) is 4.79 Å². The van der Waals surface area contributed by atoms with Crippen LogP contribution in [0.15, 0.2) is 0 Å². The number of nitrogens with two attached hydrogens (primary N) is 1. The van der Waals surface area contributed by atoms with Crippen LogP contribution in [-0.2, 0) is 19.6 Å². The molecule has 106 valence electrons. The van der Waals surface area contributed by atoms with Gasteiger partial charge in [-0.25, -0.2) is 8.42 Å². The van der Waals surface area contributed by atoms with E-state index in [1.54, 1.807) is 0 Å². The quantitative estimate of drug-likeness (QED) is 0.590. The summed E-state index contributed by atoms with van der Waals surface area (Å²) in [5.41, 5.74) is 5.13. The third-order valence-electron chi connectivity index (χ3n) is 2.89. The lowest BCUT2D eigenvalue weighted by Gasteiger charge is -2.32. The van der Waals surface area contributed by atoms with E-state index in [0.29, 0.717) is 6.54 Å². The van der Waals surface area contributed by atoms with Crippen LogP contribution in [-0.4, -0.2) is 63.8 Å². The van der Waals surface area contributed by atoms with Crippen molar-refractivity contribution in [3.05, 3.63) is 0 Å². The van der Waals surface area contributed by atoms with Crippen LogP contribution in [0.2, 0.25) is 0 Å². The monoisotopic (exact) mass is 279 g/mol. The van der Waals surface area contributed by atoms with Gasteiger partial charge >= 0.3 is 0 Å². The molecule has 0 aliphatic carbocycles. The number of nitrogens with one attached hydrogen (secondary N) is 1. The number of rotatable bonds is 7. The maximum absolute atomic E-state index is 12.1. The first kappa shape index (κ1) is 15.4. The lowest BCUT2D eigenvalue weighted by Crippen LogP contribution is -2.52. The van der Waals surface area contributed by atoms with E-state index in [2.05, 4.69) is 5.32 Å². The lowest BCUT2D eigenvalue weighted by molar-refractivity contribution is -0.118. The van der Waals surface area contributed by atoms with Crippen LogP contribution in [0.4, 0.5) is 0 Å². The molecule has 18 heavy (non-hydrogen) atoms.